The van der Waals surface area contributed by atoms with Gasteiger partial charge in [0.05, 0.1) is 22.9 Å². The molecule has 0 radical (unpaired) electrons. The van der Waals surface area contributed by atoms with Crippen molar-refractivity contribution in [1.82, 2.24) is 4.72 Å². The summed E-state index contributed by atoms with van der Waals surface area (Å²) in [6.07, 6.45) is -0.0691. The number of hydrogen-bond acceptors (Lipinski definition) is 5. The van der Waals surface area contributed by atoms with E-state index in [0.29, 0.717) is 11.1 Å². The van der Waals surface area contributed by atoms with E-state index in [2.05, 4.69) is 4.72 Å². The molecule has 0 amide bonds. The number of hydrogen-bond donors (Lipinski definition) is 1. The van der Waals surface area contributed by atoms with Crippen LogP contribution in [0.5, 0.6) is 0 Å². The van der Waals surface area contributed by atoms with Gasteiger partial charge in [0.25, 0.3) is 0 Å². The lowest BCUT2D eigenvalue weighted by atomic mass is 10.2. The molecule has 26 heavy (non-hydrogen) atoms. The molecular formula is C19H20N2O4S. The Morgan fingerprint density at radius 3 is 2.50 bits per heavy atom. The molecule has 136 valence electrons. The van der Waals surface area contributed by atoms with E-state index in [1.54, 1.807) is 43.3 Å². The number of ether oxygens (including phenoxy) is 1. The van der Waals surface area contributed by atoms with Gasteiger partial charge in [-0.05, 0) is 48.7 Å². The number of esters is 1. The summed E-state index contributed by atoms with van der Waals surface area (Å²) in [6.45, 7) is 3.58. The van der Waals surface area contributed by atoms with Crippen molar-refractivity contribution in [3.63, 3.8) is 0 Å². The van der Waals surface area contributed by atoms with Gasteiger partial charge in [-0.25, -0.2) is 13.1 Å². The van der Waals surface area contributed by atoms with Crippen LogP contribution >= 0.6 is 0 Å². The van der Waals surface area contributed by atoms with Crippen molar-refractivity contribution in [3.8, 4) is 6.07 Å². The number of benzene rings is 2. The van der Waals surface area contributed by atoms with Crippen LogP contribution in [-0.4, -0.2) is 20.9 Å². The predicted molar refractivity (Wildman–Crippen MR) is 96.7 cm³/mol. The van der Waals surface area contributed by atoms with Gasteiger partial charge in [-0.2, -0.15) is 5.26 Å². The second-order valence-corrected chi connectivity index (χ2v) is 7.62. The maximum Gasteiger partial charge on any atom is 0.307 e. The van der Waals surface area contributed by atoms with E-state index in [4.69, 9.17) is 10.00 Å². The molecule has 0 aliphatic carbocycles. The molecular weight excluding hydrogens is 352 g/mol. The zero-order valence-corrected chi connectivity index (χ0v) is 15.5. The van der Waals surface area contributed by atoms with Crippen LogP contribution in [0.15, 0.2) is 47.4 Å². The van der Waals surface area contributed by atoms with Gasteiger partial charge in [0, 0.05) is 6.54 Å². The minimum absolute atomic E-state index is 0.0398. The van der Waals surface area contributed by atoms with Crippen molar-refractivity contribution < 1.29 is 17.9 Å². The summed E-state index contributed by atoms with van der Waals surface area (Å²) in [6, 6.07) is 13.9. The number of sulfonamides is 1. The predicted octanol–water partition coefficient (Wildman–Crippen LogP) is 2.59. The van der Waals surface area contributed by atoms with Crippen molar-refractivity contribution >= 4 is 16.0 Å². The third-order valence-electron chi connectivity index (χ3n) is 3.74. The molecule has 0 aliphatic heterocycles. The van der Waals surface area contributed by atoms with E-state index in [0.717, 1.165) is 11.1 Å². The van der Waals surface area contributed by atoms with E-state index >= 15 is 0 Å². The summed E-state index contributed by atoms with van der Waals surface area (Å²) in [5.41, 5.74) is 2.78. The number of aryl methyl sites for hydroxylation is 2. The fourth-order valence-corrected chi connectivity index (χ4v) is 3.63. The van der Waals surface area contributed by atoms with Crippen LogP contribution in [0.3, 0.4) is 0 Å². The molecule has 0 saturated carbocycles. The third-order valence-corrected chi connectivity index (χ3v) is 5.34. The van der Waals surface area contributed by atoms with Crippen LogP contribution in [0.2, 0.25) is 0 Å². The maximum atomic E-state index is 12.3. The van der Waals surface area contributed by atoms with Gasteiger partial charge in [-0.3, -0.25) is 4.79 Å². The number of carbonyl (C=O) groups is 1. The molecule has 2 aromatic carbocycles. The van der Waals surface area contributed by atoms with Crippen LogP contribution in [0, 0.1) is 25.2 Å². The second kappa shape index (κ2) is 8.61. The van der Waals surface area contributed by atoms with Crippen LogP contribution in [0.4, 0.5) is 0 Å². The molecule has 2 aromatic rings. The van der Waals surface area contributed by atoms with Crippen LogP contribution < -0.4 is 4.72 Å². The standard InChI is InChI=1S/C19H20N2O4S/c1-14-3-4-15(2)18(11-14)26(23,24)21-10-9-19(22)25-13-17-7-5-16(12-20)6-8-17/h3-8,11,21H,9-10,13H2,1-2H3. The molecule has 6 nitrogen and oxygen atoms in total. The van der Waals surface area contributed by atoms with Gasteiger partial charge in [0.1, 0.15) is 6.61 Å². The van der Waals surface area contributed by atoms with Gasteiger partial charge in [-0.15, -0.1) is 0 Å². The average molecular weight is 372 g/mol. The fourth-order valence-electron chi connectivity index (χ4n) is 2.27. The zero-order valence-electron chi connectivity index (χ0n) is 14.7. The molecule has 2 rings (SSSR count). The lowest BCUT2D eigenvalue weighted by Crippen LogP contribution is -2.27. The number of rotatable bonds is 7. The van der Waals surface area contributed by atoms with Crippen molar-refractivity contribution in [1.29, 1.82) is 5.26 Å². The smallest absolute Gasteiger partial charge is 0.307 e. The third kappa shape index (κ3) is 5.41. The Kier molecular flexibility index (Phi) is 6.50. The molecule has 0 spiro atoms. The van der Waals surface area contributed by atoms with E-state index in [1.165, 1.54) is 0 Å². The Hall–Kier alpha value is -2.69. The minimum atomic E-state index is -3.67. The number of nitrogens with zero attached hydrogens (tertiary/aromatic N) is 1. The highest BCUT2D eigenvalue weighted by atomic mass is 32.2. The first-order valence-corrected chi connectivity index (χ1v) is 9.52. The first kappa shape index (κ1) is 19.6. The summed E-state index contributed by atoms with van der Waals surface area (Å²) in [7, 11) is -3.67. The fraction of sp³-hybridized carbons (Fsp3) is 0.263. The van der Waals surface area contributed by atoms with Crippen molar-refractivity contribution in [2.24, 2.45) is 0 Å². The Morgan fingerprint density at radius 2 is 1.85 bits per heavy atom. The SMILES string of the molecule is Cc1ccc(C)c(S(=O)(=O)NCCC(=O)OCc2ccc(C#N)cc2)c1. The van der Waals surface area contributed by atoms with E-state index < -0.39 is 16.0 Å². The van der Waals surface area contributed by atoms with Gasteiger partial charge in [0.15, 0.2) is 0 Å². The Morgan fingerprint density at radius 1 is 1.15 bits per heavy atom. The zero-order chi connectivity index (χ0) is 19.2. The summed E-state index contributed by atoms with van der Waals surface area (Å²) in [5.74, 6) is -0.502. The normalized spacial score (nSPS) is 11.0. The van der Waals surface area contributed by atoms with Crippen LogP contribution in [-0.2, 0) is 26.2 Å². The Labute approximate surface area is 153 Å². The largest absolute Gasteiger partial charge is 0.461 e. The van der Waals surface area contributed by atoms with Gasteiger partial charge in [0.2, 0.25) is 10.0 Å². The highest BCUT2D eigenvalue weighted by Crippen LogP contribution is 2.16. The molecule has 7 heteroatoms. The van der Waals surface area contributed by atoms with Crippen molar-refractivity contribution in [2.75, 3.05) is 6.54 Å². The number of nitriles is 1. The molecule has 0 aromatic heterocycles. The van der Waals surface area contributed by atoms with Crippen molar-refractivity contribution in [2.45, 2.75) is 31.8 Å². The van der Waals surface area contributed by atoms with Crippen LogP contribution in [0.1, 0.15) is 28.7 Å². The Bertz CT molecular complexity index is 929. The van der Waals surface area contributed by atoms with E-state index in [-0.39, 0.29) is 24.5 Å². The maximum absolute atomic E-state index is 12.3. The van der Waals surface area contributed by atoms with E-state index in [1.807, 2.05) is 19.1 Å². The molecule has 1 N–H and O–H groups in total. The summed E-state index contributed by atoms with van der Waals surface area (Å²) in [5, 5.41) is 8.73. The summed E-state index contributed by atoms with van der Waals surface area (Å²) < 4.78 is 32.2. The van der Waals surface area contributed by atoms with Crippen molar-refractivity contribution in [3.05, 3.63) is 64.7 Å². The second-order valence-electron chi connectivity index (χ2n) is 5.89. The lowest BCUT2D eigenvalue weighted by Gasteiger charge is -2.10. The minimum Gasteiger partial charge on any atom is -0.461 e. The Balaban J connectivity index is 1.83. The highest BCUT2D eigenvalue weighted by Gasteiger charge is 2.17. The first-order chi connectivity index (χ1) is 12.3. The molecule has 0 atom stereocenters. The molecule has 0 unspecified atom stereocenters. The van der Waals surface area contributed by atoms with Crippen LogP contribution in [0.25, 0.3) is 0 Å². The average Bonchev–Trinajstić information content (AvgIpc) is 2.62. The highest BCUT2D eigenvalue weighted by molar-refractivity contribution is 7.89. The lowest BCUT2D eigenvalue weighted by molar-refractivity contribution is -0.144. The van der Waals surface area contributed by atoms with E-state index in [9.17, 15) is 13.2 Å². The number of carbonyl (C=O) groups excluding carboxylic acids is 1. The number of nitrogens with one attached hydrogen (secondary N) is 1. The van der Waals surface area contributed by atoms with Gasteiger partial charge in [-0.1, -0.05) is 24.3 Å². The first-order valence-electron chi connectivity index (χ1n) is 8.03. The molecule has 0 saturated heterocycles. The molecule has 0 aliphatic rings. The molecule has 0 bridgehead atoms. The summed E-state index contributed by atoms with van der Waals surface area (Å²) in [4.78, 5) is 12.0. The summed E-state index contributed by atoms with van der Waals surface area (Å²) >= 11 is 0. The molecule has 0 heterocycles. The molecule has 0 fully saturated rings. The quantitative estimate of drug-likeness (QED) is 0.754. The van der Waals surface area contributed by atoms with Gasteiger partial charge >= 0.3 is 5.97 Å². The monoisotopic (exact) mass is 372 g/mol. The van der Waals surface area contributed by atoms with Gasteiger partial charge < -0.3 is 4.74 Å². The topological polar surface area (TPSA) is 96.3 Å².